The number of imide groups is 1. The first-order valence-electron chi connectivity index (χ1n) is 8.45. The summed E-state index contributed by atoms with van der Waals surface area (Å²) in [5.74, 6) is -0.254. The molecule has 0 spiro atoms. The van der Waals surface area contributed by atoms with Crippen LogP contribution in [-0.2, 0) is 4.79 Å². The fraction of sp³-hybridized carbons (Fsp3) is 0.238. The van der Waals surface area contributed by atoms with Gasteiger partial charge in [0, 0.05) is 23.6 Å². The van der Waals surface area contributed by atoms with Gasteiger partial charge in [0.2, 0.25) is 0 Å². The van der Waals surface area contributed by atoms with Crippen molar-refractivity contribution in [2.24, 2.45) is 0 Å². The normalized spacial score (nSPS) is 16.0. The van der Waals surface area contributed by atoms with Gasteiger partial charge < -0.3 is 4.57 Å². The summed E-state index contributed by atoms with van der Waals surface area (Å²) in [6.45, 7) is 12.1. The fourth-order valence-electron chi connectivity index (χ4n) is 3.34. The highest BCUT2D eigenvalue weighted by Gasteiger charge is 2.34. The Labute approximate surface area is 158 Å². The highest BCUT2D eigenvalue weighted by Crippen LogP contribution is 2.33. The van der Waals surface area contributed by atoms with Crippen LogP contribution in [0.5, 0.6) is 0 Å². The van der Waals surface area contributed by atoms with Crippen molar-refractivity contribution in [1.29, 1.82) is 0 Å². The van der Waals surface area contributed by atoms with Crippen LogP contribution in [0.3, 0.4) is 0 Å². The molecule has 0 atom stereocenters. The van der Waals surface area contributed by atoms with Crippen LogP contribution < -0.4 is 0 Å². The van der Waals surface area contributed by atoms with Crippen molar-refractivity contribution in [2.75, 3.05) is 6.54 Å². The van der Waals surface area contributed by atoms with Crippen molar-refractivity contribution in [1.82, 2.24) is 9.47 Å². The minimum absolute atomic E-state index is 0.240. The van der Waals surface area contributed by atoms with E-state index < -0.39 is 0 Å². The lowest BCUT2D eigenvalue weighted by molar-refractivity contribution is -0.122. The molecule has 0 saturated carbocycles. The van der Waals surface area contributed by atoms with Gasteiger partial charge in [0.25, 0.3) is 11.1 Å². The van der Waals surface area contributed by atoms with E-state index in [2.05, 4.69) is 49.3 Å². The number of carbonyl (C=O) groups excluding carboxylic acids is 2. The van der Waals surface area contributed by atoms with Crippen LogP contribution in [0.4, 0.5) is 4.79 Å². The number of hydrogen-bond donors (Lipinski definition) is 0. The first kappa shape index (κ1) is 18.3. The molecule has 26 heavy (non-hydrogen) atoms. The van der Waals surface area contributed by atoms with Crippen LogP contribution in [0, 0.1) is 27.7 Å². The number of nitrogens with zero attached hydrogens (tertiary/aromatic N) is 2. The van der Waals surface area contributed by atoms with E-state index in [0.717, 1.165) is 34.4 Å². The van der Waals surface area contributed by atoms with Crippen LogP contribution in [0.1, 0.15) is 28.1 Å². The molecule has 2 heterocycles. The van der Waals surface area contributed by atoms with E-state index >= 15 is 0 Å². The van der Waals surface area contributed by atoms with Crippen molar-refractivity contribution in [3.63, 3.8) is 0 Å². The van der Waals surface area contributed by atoms with Crippen LogP contribution in [0.2, 0.25) is 0 Å². The maximum Gasteiger partial charge on any atom is 0.293 e. The highest BCUT2D eigenvalue weighted by atomic mass is 32.2. The van der Waals surface area contributed by atoms with E-state index in [1.54, 1.807) is 6.08 Å². The minimum atomic E-state index is -0.254. The van der Waals surface area contributed by atoms with Gasteiger partial charge in [-0.25, -0.2) is 0 Å². The molecule has 3 rings (SSSR count). The predicted octanol–water partition coefficient (Wildman–Crippen LogP) is 4.93. The molecule has 0 aliphatic carbocycles. The number of benzene rings is 1. The molecule has 0 radical (unpaired) electrons. The molecule has 1 aliphatic heterocycles. The number of aryl methyl sites for hydroxylation is 3. The lowest BCUT2D eigenvalue weighted by Crippen LogP contribution is -2.27. The molecule has 1 fully saturated rings. The van der Waals surface area contributed by atoms with Gasteiger partial charge in [-0.15, -0.1) is 6.58 Å². The summed E-state index contributed by atoms with van der Waals surface area (Å²) < 4.78 is 2.18. The van der Waals surface area contributed by atoms with E-state index in [4.69, 9.17) is 0 Å². The van der Waals surface area contributed by atoms with Gasteiger partial charge in [0.1, 0.15) is 0 Å². The zero-order valence-corrected chi connectivity index (χ0v) is 16.3. The highest BCUT2D eigenvalue weighted by molar-refractivity contribution is 8.18. The Morgan fingerprint density at radius 2 is 1.69 bits per heavy atom. The average Bonchev–Trinajstić information content (AvgIpc) is 2.97. The molecule has 1 aromatic carbocycles. The quantitative estimate of drug-likeness (QED) is 0.569. The summed E-state index contributed by atoms with van der Waals surface area (Å²) >= 11 is 0.983. The minimum Gasteiger partial charge on any atom is -0.318 e. The molecular weight excluding hydrogens is 344 g/mol. The van der Waals surface area contributed by atoms with E-state index in [1.807, 2.05) is 19.9 Å². The molecule has 1 aliphatic rings. The first-order chi connectivity index (χ1) is 12.3. The Bertz CT molecular complexity index is 933. The SMILES string of the molecule is C=CCN1C(=O)S/C(=C/c2cc(C)n(-c3cc(C)cc(C)c3)c2C)C1=O. The van der Waals surface area contributed by atoms with Gasteiger partial charge >= 0.3 is 0 Å². The third-order valence-electron chi connectivity index (χ3n) is 4.41. The lowest BCUT2D eigenvalue weighted by atomic mass is 10.1. The molecule has 0 N–H and O–H groups in total. The van der Waals surface area contributed by atoms with Crippen molar-refractivity contribution < 1.29 is 9.59 Å². The largest absolute Gasteiger partial charge is 0.318 e. The molecule has 0 bridgehead atoms. The summed E-state index contributed by atoms with van der Waals surface area (Å²) in [4.78, 5) is 26.1. The van der Waals surface area contributed by atoms with Crippen LogP contribution >= 0.6 is 11.8 Å². The Hall–Kier alpha value is -2.53. The maximum absolute atomic E-state index is 12.4. The van der Waals surface area contributed by atoms with E-state index in [0.29, 0.717) is 4.91 Å². The molecule has 0 unspecified atom stereocenters. The molecule has 1 saturated heterocycles. The maximum atomic E-state index is 12.4. The topological polar surface area (TPSA) is 42.3 Å². The summed E-state index contributed by atoms with van der Waals surface area (Å²) in [6, 6.07) is 8.49. The van der Waals surface area contributed by atoms with E-state index in [1.165, 1.54) is 16.0 Å². The molecule has 134 valence electrons. The molecular formula is C21H22N2O2S. The number of amides is 2. The third kappa shape index (κ3) is 3.27. The van der Waals surface area contributed by atoms with Crippen molar-refractivity contribution in [3.05, 3.63) is 69.9 Å². The molecule has 2 amide bonds. The standard InChI is InChI=1S/C21H22N2O2S/c1-6-7-22-20(24)19(26-21(22)25)12-17-11-15(4)23(16(17)5)18-9-13(2)8-14(3)10-18/h6,8-12H,1,7H2,2-5H3/b19-12+. The zero-order valence-electron chi connectivity index (χ0n) is 15.5. The first-order valence-corrected chi connectivity index (χ1v) is 9.27. The van der Waals surface area contributed by atoms with Crippen molar-refractivity contribution >= 4 is 29.0 Å². The van der Waals surface area contributed by atoms with Gasteiger partial charge in [-0.3, -0.25) is 14.5 Å². The van der Waals surface area contributed by atoms with Crippen molar-refractivity contribution in [3.8, 4) is 5.69 Å². The van der Waals surface area contributed by atoms with Gasteiger partial charge in [0.15, 0.2) is 0 Å². The van der Waals surface area contributed by atoms with Crippen LogP contribution in [0.15, 0.2) is 41.8 Å². The summed E-state index contributed by atoms with van der Waals surface area (Å²) in [6.07, 6.45) is 3.38. The van der Waals surface area contributed by atoms with E-state index in [9.17, 15) is 9.59 Å². The summed E-state index contributed by atoms with van der Waals surface area (Å²) in [5.41, 5.74) is 6.61. The Kier molecular flexibility index (Phi) is 4.92. The summed E-state index contributed by atoms with van der Waals surface area (Å²) in [5, 5.41) is -0.246. The monoisotopic (exact) mass is 366 g/mol. The molecule has 4 nitrogen and oxygen atoms in total. The molecule has 1 aromatic heterocycles. The van der Waals surface area contributed by atoms with Crippen LogP contribution in [0.25, 0.3) is 11.8 Å². The number of rotatable bonds is 4. The number of carbonyl (C=O) groups is 2. The predicted molar refractivity (Wildman–Crippen MR) is 108 cm³/mol. The Balaban J connectivity index is 2.02. The number of hydrogen-bond acceptors (Lipinski definition) is 3. The van der Waals surface area contributed by atoms with Crippen molar-refractivity contribution in [2.45, 2.75) is 27.7 Å². The number of thioether (sulfide) groups is 1. The van der Waals surface area contributed by atoms with Gasteiger partial charge in [-0.1, -0.05) is 12.1 Å². The fourth-order valence-corrected chi connectivity index (χ4v) is 4.18. The second kappa shape index (κ2) is 7.00. The van der Waals surface area contributed by atoms with Gasteiger partial charge in [0.05, 0.1) is 4.91 Å². The second-order valence-electron chi connectivity index (χ2n) is 6.59. The smallest absolute Gasteiger partial charge is 0.293 e. The lowest BCUT2D eigenvalue weighted by Gasteiger charge is -2.12. The zero-order chi connectivity index (χ0) is 19.0. The second-order valence-corrected chi connectivity index (χ2v) is 7.58. The third-order valence-corrected chi connectivity index (χ3v) is 5.31. The molecule has 2 aromatic rings. The van der Waals surface area contributed by atoms with Gasteiger partial charge in [-0.05, 0) is 80.4 Å². The Morgan fingerprint density at radius 1 is 1.04 bits per heavy atom. The van der Waals surface area contributed by atoms with E-state index in [-0.39, 0.29) is 17.7 Å². The summed E-state index contributed by atoms with van der Waals surface area (Å²) in [7, 11) is 0. The van der Waals surface area contributed by atoms with Crippen LogP contribution in [-0.4, -0.2) is 27.2 Å². The Morgan fingerprint density at radius 3 is 2.31 bits per heavy atom. The average molecular weight is 366 g/mol. The number of aromatic nitrogens is 1. The van der Waals surface area contributed by atoms with Gasteiger partial charge in [-0.2, -0.15) is 0 Å². The molecule has 5 heteroatoms.